The summed E-state index contributed by atoms with van der Waals surface area (Å²) >= 11 is 6.04. The van der Waals surface area contributed by atoms with Crippen LogP contribution in [-0.2, 0) is 16.0 Å². The van der Waals surface area contributed by atoms with Crippen molar-refractivity contribution in [3.63, 3.8) is 0 Å². The average molecular weight is 525 g/mol. The number of likely N-dealkylation sites (tertiary alicyclic amines) is 2. The minimum absolute atomic E-state index is 0.0223. The Bertz CT molecular complexity index is 1190. The van der Waals surface area contributed by atoms with Crippen molar-refractivity contribution in [2.24, 2.45) is 5.41 Å². The number of amides is 3. The lowest BCUT2D eigenvalue weighted by Crippen LogP contribution is -2.44. The SMILES string of the molecule is COc1cc(C(=O)N2CCC3(CCN(C(=O)CCC(=O)N4CCCc5ccccc54)C3)CC2)cc(Cl)n1. The monoisotopic (exact) mass is 524 g/mol. The number of hydrogen-bond donors (Lipinski definition) is 0. The van der Waals surface area contributed by atoms with Crippen LogP contribution in [0.4, 0.5) is 5.69 Å². The van der Waals surface area contributed by atoms with Crippen molar-refractivity contribution in [1.29, 1.82) is 0 Å². The summed E-state index contributed by atoms with van der Waals surface area (Å²) in [5.41, 5.74) is 2.69. The third kappa shape index (κ3) is 5.44. The number of carbonyl (C=O) groups excluding carboxylic acids is 3. The molecule has 0 N–H and O–H groups in total. The summed E-state index contributed by atoms with van der Waals surface area (Å²) in [5.74, 6) is 0.306. The Balaban J connectivity index is 1.12. The number of nitrogens with zero attached hydrogens (tertiary/aromatic N) is 4. The number of para-hydroxylation sites is 1. The number of ether oxygens (including phenoxy) is 1. The number of fused-ring (bicyclic) bond motifs is 1. The van der Waals surface area contributed by atoms with Crippen molar-refractivity contribution < 1.29 is 19.1 Å². The lowest BCUT2D eigenvalue weighted by Gasteiger charge is -2.39. The van der Waals surface area contributed by atoms with Crippen molar-refractivity contribution in [1.82, 2.24) is 14.8 Å². The molecule has 0 aliphatic carbocycles. The van der Waals surface area contributed by atoms with Crippen LogP contribution >= 0.6 is 11.6 Å². The van der Waals surface area contributed by atoms with Crippen LogP contribution in [0.25, 0.3) is 0 Å². The third-order valence-electron chi connectivity index (χ3n) is 8.09. The molecule has 37 heavy (non-hydrogen) atoms. The number of pyridine rings is 1. The van der Waals surface area contributed by atoms with Gasteiger partial charge < -0.3 is 19.4 Å². The first-order chi connectivity index (χ1) is 17.9. The first kappa shape index (κ1) is 25.5. The van der Waals surface area contributed by atoms with Gasteiger partial charge in [0.05, 0.1) is 7.11 Å². The molecule has 2 fully saturated rings. The second-order valence-corrected chi connectivity index (χ2v) is 10.7. The number of aryl methyl sites for hydroxylation is 1. The highest BCUT2D eigenvalue weighted by atomic mass is 35.5. The van der Waals surface area contributed by atoms with Crippen molar-refractivity contribution in [2.45, 2.75) is 44.9 Å². The van der Waals surface area contributed by atoms with Crippen LogP contribution in [-0.4, -0.2) is 72.3 Å². The highest BCUT2D eigenvalue weighted by Gasteiger charge is 2.42. The van der Waals surface area contributed by atoms with Crippen LogP contribution < -0.4 is 9.64 Å². The van der Waals surface area contributed by atoms with E-state index >= 15 is 0 Å². The number of anilines is 1. The van der Waals surface area contributed by atoms with Gasteiger partial charge >= 0.3 is 0 Å². The number of piperidine rings is 1. The first-order valence-corrected chi connectivity index (χ1v) is 13.4. The molecule has 1 aromatic heterocycles. The van der Waals surface area contributed by atoms with Crippen LogP contribution in [0.15, 0.2) is 36.4 Å². The van der Waals surface area contributed by atoms with Gasteiger partial charge in [-0.1, -0.05) is 29.8 Å². The maximum Gasteiger partial charge on any atom is 0.254 e. The predicted molar refractivity (Wildman–Crippen MR) is 141 cm³/mol. The summed E-state index contributed by atoms with van der Waals surface area (Å²) in [5, 5.41) is 0.226. The van der Waals surface area contributed by atoms with Gasteiger partial charge in [0.15, 0.2) is 0 Å². The van der Waals surface area contributed by atoms with Crippen LogP contribution in [0.5, 0.6) is 5.88 Å². The number of halogens is 1. The molecule has 1 aromatic carbocycles. The van der Waals surface area contributed by atoms with E-state index in [9.17, 15) is 14.4 Å². The molecule has 0 unspecified atom stereocenters. The fourth-order valence-corrected chi connectivity index (χ4v) is 6.12. The number of hydrogen-bond acceptors (Lipinski definition) is 5. The van der Waals surface area contributed by atoms with E-state index in [0.717, 1.165) is 37.8 Å². The highest BCUT2D eigenvalue weighted by molar-refractivity contribution is 6.29. The molecular formula is C28H33ClN4O4. The normalized spacial score (nSPS) is 18.6. The van der Waals surface area contributed by atoms with Crippen LogP contribution in [0.3, 0.4) is 0 Å². The number of carbonyl (C=O) groups is 3. The molecule has 3 aliphatic heterocycles. The molecule has 2 saturated heterocycles. The lowest BCUT2D eigenvalue weighted by atomic mass is 9.77. The molecule has 3 aliphatic rings. The second-order valence-electron chi connectivity index (χ2n) is 10.4. The predicted octanol–water partition coefficient (Wildman–Crippen LogP) is 3.96. The molecule has 9 heteroatoms. The Morgan fingerprint density at radius 2 is 1.68 bits per heavy atom. The zero-order chi connectivity index (χ0) is 26.0. The van der Waals surface area contributed by atoms with E-state index < -0.39 is 0 Å². The summed E-state index contributed by atoms with van der Waals surface area (Å²) in [6.07, 6.45) is 5.04. The summed E-state index contributed by atoms with van der Waals surface area (Å²) < 4.78 is 5.14. The van der Waals surface area contributed by atoms with Gasteiger partial charge in [-0.2, -0.15) is 0 Å². The molecule has 0 bridgehead atoms. The average Bonchev–Trinajstić information content (AvgIpc) is 3.34. The smallest absolute Gasteiger partial charge is 0.254 e. The summed E-state index contributed by atoms with van der Waals surface area (Å²) in [7, 11) is 1.49. The fourth-order valence-electron chi connectivity index (χ4n) is 5.92. The van der Waals surface area contributed by atoms with Gasteiger partial charge in [-0.05, 0) is 55.2 Å². The molecular weight excluding hydrogens is 492 g/mol. The number of benzene rings is 1. The molecule has 1 spiro atoms. The Morgan fingerprint density at radius 3 is 2.43 bits per heavy atom. The highest BCUT2D eigenvalue weighted by Crippen LogP contribution is 2.41. The van der Waals surface area contributed by atoms with Gasteiger partial charge in [-0.15, -0.1) is 0 Å². The summed E-state index contributed by atoms with van der Waals surface area (Å²) in [4.78, 5) is 48.6. The van der Waals surface area contributed by atoms with E-state index in [2.05, 4.69) is 11.1 Å². The number of rotatable bonds is 5. The molecule has 5 rings (SSSR count). The van der Waals surface area contributed by atoms with Gasteiger partial charge in [0.1, 0.15) is 5.15 Å². The number of methoxy groups -OCH3 is 1. The van der Waals surface area contributed by atoms with Gasteiger partial charge in [0.2, 0.25) is 17.7 Å². The van der Waals surface area contributed by atoms with Crippen LogP contribution in [0, 0.1) is 5.41 Å². The quantitative estimate of drug-likeness (QED) is 0.553. The zero-order valence-electron chi connectivity index (χ0n) is 21.2. The molecule has 0 atom stereocenters. The van der Waals surface area contributed by atoms with Crippen LogP contribution in [0.1, 0.15) is 54.4 Å². The second kappa shape index (κ2) is 10.7. The maximum absolute atomic E-state index is 13.0. The summed E-state index contributed by atoms with van der Waals surface area (Å²) in [6, 6.07) is 11.2. The van der Waals surface area contributed by atoms with Gasteiger partial charge in [0.25, 0.3) is 5.91 Å². The van der Waals surface area contributed by atoms with Crippen molar-refractivity contribution in [3.05, 3.63) is 52.7 Å². The topological polar surface area (TPSA) is 83.0 Å². The van der Waals surface area contributed by atoms with E-state index in [-0.39, 0.29) is 41.1 Å². The first-order valence-electron chi connectivity index (χ1n) is 13.0. The van der Waals surface area contributed by atoms with Crippen molar-refractivity contribution in [3.8, 4) is 5.88 Å². The van der Waals surface area contributed by atoms with E-state index in [1.807, 2.05) is 32.9 Å². The molecule has 2 aromatic rings. The van der Waals surface area contributed by atoms with Gasteiger partial charge in [-0.25, -0.2) is 4.98 Å². The third-order valence-corrected chi connectivity index (χ3v) is 8.29. The van der Waals surface area contributed by atoms with E-state index in [1.165, 1.54) is 12.7 Å². The molecule has 4 heterocycles. The zero-order valence-corrected chi connectivity index (χ0v) is 22.0. The molecule has 0 saturated carbocycles. The Kier molecular flexibility index (Phi) is 7.38. The maximum atomic E-state index is 13.0. The van der Waals surface area contributed by atoms with E-state index in [1.54, 1.807) is 12.1 Å². The number of aromatic nitrogens is 1. The van der Waals surface area contributed by atoms with Crippen molar-refractivity contribution in [2.75, 3.05) is 44.7 Å². The Labute approximate surface area is 222 Å². The minimum Gasteiger partial charge on any atom is -0.481 e. The Hall–Kier alpha value is -3.13. The molecule has 8 nitrogen and oxygen atoms in total. The lowest BCUT2D eigenvalue weighted by molar-refractivity contribution is -0.132. The van der Waals surface area contributed by atoms with Gasteiger partial charge in [0, 0.05) is 62.9 Å². The standard InChI is InChI=1S/C28H33ClN4O4/c1-37-24-18-21(17-23(29)30-24)27(36)31-14-10-28(11-15-31)12-16-32(19-28)25(34)8-9-26(35)33-13-4-6-20-5-2-3-7-22(20)33/h2-3,5,7,17-18H,4,6,8-16,19H2,1H3. The van der Waals surface area contributed by atoms with E-state index in [4.69, 9.17) is 16.3 Å². The molecule has 3 amide bonds. The minimum atomic E-state index is -0.0822. The summed E-state index contributed by atoms with van der Waals surface area (Å²) in [6.45, 7) is 3.39. The molecule has 196 valence electrons. The largest absolute Gasteiger partial charge is 0.481 e. The Morgan fingerprint density at radius 1 is 0.973 bits per heavy atom. The van der Waals surface area contributed by atoms with Gasteiger partial charge in [-0.3, -0.25) is 14.4 Å². The fraction of sp³-hybridized carbons (Fsp3) is 0.500. The van der Waals surface area contributed by atoms with E-state index in [0.29, 0.717) is 44.2 Å². The van der Waals surface area contributed by atoms with Crippen molar-refractivity contribution >= 4 is 35.0 Å². The van der Waals surface area contributed by atoms with Crippen LogP contribution in [0.2, 0.25) is 5.15 Å². The molecule has 0 radical (unpaired) electrons.